The molecule has 18 heavy (non-hydrogen) atoms. The maximum atomic E-state index is 11.0. The molecule has 3 heterocycles. The van der Waals surface area contributed by atoms with Gasteiger partial charge in [-0.15, -0.1) is 10.2 Å². The molecule has 3 aromatic rings. The summed E-state index contributed by atoms with van der Waals surface area (Å²) in [5, 5.41) is 8.52. The van der Waals surface area contributed by atoms with Crippen LogP contribution in [0, 0.1) is 6.92 Å². The van der Waals surface area contributed by atoms with Crippen molar-refractivity contribution in [2.24, 2.45) is 0 Å². The van der Waals surface area contributed by atoms with Crippen molar-refractivity contribution >= 4 is 17.3 Å². The number of rotatable bonds is 3. The Balaban J connectivity index is 2.09. The molecule has 0 spiro atoms. The second-order valence-electron chi connectivity index (χ2n) is 3.92. The minimum Gasteiger partial charge on any atom is -0.424 e. The summed E-state index contributed by atoms with van der Waals surface area (Å²) < 4.78 is 7.15. The number of aromatic nitrogens is 4. The molecule has 0 saturated heterocycles. The molecule has 3 rings (SSSR count). The van der Waals surface area contributed by atoms with E-state index in [1.807, 2.05) is 10.6 Å². The first-order valence-corrected chi connectivity index (χ1v) is 5.46. The van der Waals surface area contributed by atoms with Gasteiger partial charge in [0.2, 0.25) is 11.8 Å². The summed E-state index contributed by atoms with van der Waals surface area (Å²) in [4.78, 5) is 15.3. The van der Waals surface area contributed by atoms with E-state index >= 15 is 0 Å². The van der Waals surface area contributed by atoms with Crippen molar-refractivity contribution < 1.29 is 9.21 Å². The minimum atomic E-state index is 0.405. The molecule has 0 bridgehead atoms. The Morgan fingerprint density at radius 1 is 1.44 bits per heavy atom. The van der Waals surface area contributed by atoms with Gasteiger partial charge in [0.25, 0.3) is 0 Å². The number of carbonyl (C=O) groups is 1. The summed E-state index contributed by atoms with van der Waals surface area (Å²) in [6, 6.07) is 3.66. The van der Waals surface area contributed by atoms with E-state index < -0.39 is 0 Å². The number of hydrogen-bond donors (Lipinski definition) is 0. The molecule has 0 N–H and O–H groups in total. The number of carbonyl (C=O) groups excluding carboxylic acids is 1. The van der Waals surface area contributed by atoms with Crippen LogP contribution in [-0.2, 0) is 6.54 Å². The summed E-state index contributed by atoms with van der Waals surface area (Å²) in [6.07, 6.45) is 4.25. The van der Waals surface area contributed by atoms with Crippen molar-refractivity contribution in [2.75, 3.05) is 0 Å². The summed E-state index contributed by atoms with van der Waals surface area (Å²) in [5.41, 5.74) is 1.34. The Morgan fingerprint density at radius 2 is 2.33 bits per heavy atom. The fourth-order valence-electron chi connectivity index (χ4n) is 1.91. The molecule has 0 saturated carbocycles. The highest BCUT2D eigenvalue weighted by molar-refractivity contribution is 5.95. The summed E-state index contributed by atoms with van der Waals surface area (Å²) in [6.45, 7) is 2.14. The van der Waals surface area contributed by atoms with Gasteiger partial charge in [-0.25, -0.2) is 4.98 Å². The van der Waals surface area contributed by atoms with E-state index in [4.69, 9.17) is 4.42 Å². The SMILES string of the molecule is Cc1nnc(Cn2cc(C=O)c3cccnc32)o1. The van der Waals surface area contributed by atoms with Gasteiger partial charge >= 0.3 is 0 Å². The number of aldehydes is 1. The molecular weight excluding hydrogens is 232 g/mol. The lowest BCUT2D eigenvalue weighted by molar-refractivity contribution is 0.112. The monoisotopic (exact) mass is 242 g/mol. The van der Waals surface area contributed by atoms with Crippen LogP contribution in [0.1, 0.15) is 22.1 Å². The molecule has 0 aliphatic rings. The predicted molar refractivity (Wildman–Crippen MR) is 63.3 cm³/mol. The fourth-order valence-corrected chi connectivity index (χ4v) is 1.91. The number of pyridine rings is 1. The second kappa shape index (κ2) is 4.06. The maximum Gasteiger partial charge on any atom is 0.236 e. The van der Waals surface area contributed by atoms with E-state index in [9.17, 15) is 4.79 Å². The lowest BCUT2D eigenvalue weighted by Gasteiger charge is -1.99. The van der Waals surface area contributed by atoms with Crippen LogP contribution in [0.2, 0.25) is 0 Å². The van der Waals surface area contributed by atoms with Crippen molar-refractivity contribution in [3.05, 3.63) is 41.9 Å². The molecule has 0 radical (unpaired) electrons. The number of fused-ring (bicyclic) bond motifs is 1. The number of aryl methyl sites for hydroxylation is 1. The van der Waals surface area contributed by atoms with Gasteiger partial charge in [-0.3, -0.25) is 4.79 Å². The minimum absolute atomic E-state index is 0.405. The van der Waals surface area contributed by atoms with Crippen LogP contribution < -0.4 is 0 Å². The van der Waals surface area contributed by atoms with Gasteiger partial charge in [-0.2, -0.15) is 0 Å². The molecule has 3 aromatic heterocycles. The van der Waals surface area contributed by atoms with Crippen LogP contribution in [0.4, 0.5) is 0 Å². The molecule has 0 aliphatic heterocycles. The molecule has 0 aliphatic carbocycles. The largest absolute Gasteiger partial charge is 0.424 e. The first-order valence-electron chi connectivity index (χ1n) is 5.46. The van der Waals surface area contributed by atoms with Crippen molar-refractivity contribution in [1.82, 2.24) is 19.7 Å². The Labute approximate surface area is 102 Å². The molecule has 0 amide bonds. The van der Waals surface area contributed by atoms with Crippen molar-refractivity contribution in [3.8, 4) is 0 Å². The van der Waals surface area contributed by atoms with E-state index in [1.165, 1.54) is 0 Å². The molecule has 0 aromatic carbocycles. The van der Waals surface area contributed by atoms with Crippen molar-refractivity contribution in [3.63, 3.8) is 0 Å². The van der Waals surface area contributed by atoms with Crippen LogP contribution in [0.25, 0.3) is 11.0 Å². The molecule has 6 heteroatoms. The first kappa shape index (κ1) is 10.6. The van der Waals surface area contributed by atoms with Gasteiger partial charge in [-0.05, 0) is 12.1 Å². The van der Waals surface area contributed by atoms with Gasteiger partial charge in [-0.1, -0.05) is 0 Å². The van der Waals surface area contributed by atoms with Gasteiger partial charge in [0.15, 0.2) is 6.29 Å². The number of nitrogens with zero attached hydrogens (tertiary/aromatic N) is 4. The highest BCUT2D eigenvalue weighted by atomic mass is 16.4. The third-order valence-electron chi connectivity index (χ3n) is 2.67. The van der Waals surface area contributed by atoms with Crippen molar-refractivity contribution in [1.29, 1.82) is 0 Å². The second-order valence-corrected chi connectivity index (χ2v) is 3.92. The number of hydrogen-bond acceptors (Lipinski definition) is 5. The third kappa shape index (κ3) is 1.67. The summed E-state index contributed by atoms with van der Waals surface area (Å²) in [7, 11) is 0. The van der Waals surface area contributed by atoms with Gasteiger partial charge in [0.05, 0.1) is 0 Å². The molecule has 0 fully saturated rings. The van der Waals surface area contributed by atoms with E-state index in [0.717, 1.165) is 17.3 Å². The highest BCUT2D eigenvalue weighted by Crippen LogP contribution is 2.18. The van der Waals surface area contributed by atoms with Crippen LogP contribution in [0.5, 0.6) is 0 Å². The van der Waals surface area contributed by atoms with Crippen LogP contribution >= 0.6 is 0 Å². The van der Waals surface area contributed by atoms with Crippen LogP contribution in [-0.4, -0.2) is 26.0 Å². The zero-order valence-corrected chi connectivity index (χ0v) is 9.70. The summed E-state index contributed by atoms with van der Waals surface area (Å²) >= 11 is 0. The summed E-state index contributed by atoms with van der Waals surface area (Å²) in [5.74, 6) is 1.01. The van der Waals surface area contributed by atoms with Crippen LogP contribution in [0.3, 0.4) is 0 Å². The van der Waals surface area contributed by atoms with Gasteiger partial charge in [0.1, 0.15) is 12.2 Å². The quantitative estimate of drug-likeness (QED) is 0.652. The lowest BCUT2D eigenvalue weighted by Crippen LogP contribution is -1.99. The van der Waals surface area contributed by atoms with Crippen LogP contribution in [0.15, 0.2) is 28.9 Å². The van der Waals surface area contributed by atoms with Gasteiger partial charge in [0, 0.05) is 30.3 Å². The zero-order chi connectivity index (χ0) is 12.5. The third-order valence-corrected chi connectivity index (χ3v) is 2.67. The Bertz CT molecular complexity index is 714. The standard InChI is InChI=1S/C12H10N4O2/c1-8-14-15-11(18-8)6-16-5-9(7-17)10-3-2-4-13-12(10)16/h2-5,7H,6H2,1H3. The Morgan fingerprint density at radius 3 is 3.06 bits per heavy atom. The smallest absolute Gasteiger partial charge is 0.236 e. The normalized spacial score (nSPS) is 10.9. The molecular formula is C12H10N4O2. The average Bonchev–Trinajstić information content (AvgIpc) is 2.95. The lowest BCUT2D eigenvalue weighted by atomic mass is 10.2. The molecule has 90 valence electrons. The Hall–Kier alpha value is -2.50. The molecule has 0 unspecified atom stereocenters. The predicted octanol–water partition coefficient (Wildman–Crippen LogP) is 1.59. The molecule has 0 atom stereocenters. The van der Waals surface area contributed by atoms with Crippen molar-refractivity contribution in [2.45, 2.75) is 13.5 Å². The maximum absolute atomic E-state index is 11.0. The zero-order valence-electron chi connectivity index (χ0n) is 9.70. The Kier molecular flexibility index (Phi) is 2.40. The van der Waals surface area contributed by atoms with E-state index in [2.05, 4.69) is 15.2 Å². The fraction of sp³-hybridized carbons (Fsp3) is 0.167. The van der Waals surface area contributed by atoms with E-state index in [0.29, 0.717) is 23.9 Å². The topological polar surface area (TPSA) is 73.8 Å². The average molecular weight is 242 g/mol. The highest BCUT2D eigenvalue weighted by Gasteiger charge is 2.11. The van der Waals surface area contributed by atoms with E-state index in [1.54, 1.807) is 25.4 Å². The first-order chi connectivity index (χ1) is 8.78. The van der Waals surface area contributed by atoms with E-state index in [-0.39, 0.29) is 0 Å². The van der Waals surface area contributed by atoms with Gasteiger partial charge < -0.3 is 8.98 Å². The molecule has 6 nitrogen and oxygen atoms in total.